The van der Waals surface area contributed by atoms with Gasteiger partial charge in [0.1, 0.15) is 11.2 Å². The number of carbonyl (C=O) groups excluding carboxylic acids is 1. The molecule has 0 atom stereocenters. The van der Waals surface area contributed by atoms with Gasteiger partial charge in [0, 0.05) is 10.6 Å². The zero-order chi connectivity index (χ0) is 19.6. The molecule has 2 aromatic rings. The van der Waals surface area contributed by atoms with Gasteiger partial charge in [-0.15, -0.1) is 0 Å². The van der Waals surface area contributed by atoms with Gasteiger partial charge in [-0.05, 0) is 62.4 Å². The Balaban J connectivity index is 1.89. The number of nitrogens with zero attached hydrogens (tertiary/aromatic N) is 1. The lowest BCUT2D eigenvalue weighted by atomic mass is 10.0. The summed E-state index contributed by atoms with van der Waals surface area (Å²) in [5, 5.41) is 12.3. The van der Waals surface area contributed by atoms with Crippen LogP contribution in [0.4, 0.5) is 0 Å². The highest BCUT2D eigenvalue weighted by Crippen LogP contribution is 2.33. The number of carboxylic acids is 1. The molecular weight excluding hydrogens is 368 g/mol. The van der Waals surface area contributed by atoms with Crippen LogP contribution in [0.3, 0.4) is 0 Å². The third-order valence-electron chi connectivity index (χ3n) is 4.36. The van der Waals surface area contributed by atoms with Crippen LogP contribution in [0, 0.1) is 5.92 Å². The normalized spacial score (nSPS) is 13.9. The predicted molar refractivity (Wildman–Crippen MR) is 102 cm³/mol. The second-order valence-corrected chi connectivity index (χ2v) is 7.63. The fourth-order valence-corrected chi connectivity index (χ4v) is 2.53. The molecule has 1 amide bonds. The van der Waals surface area contributed by atoms with Crippen molar-refractivity contribution in [2.45, 2.75) is 32.2 Å². The molecule has 0 spiro atoms. The van der Waals surface area contributed by atoms with Crippen LogP contribution in [0.25, 0.3) is 11.1 Å². The van der Waals surface area contributed by atoms with Crippen molar-refractivity contribution < 1.29 is 19.4 Å². The second kappa shape index (κ2) is 7.56. The average molecular weight is 389 g/mol. The van der Waals surface area contributed by atoms with Gasteiger partial charge in [-0.2, -0.15) is 0 Å². The molecule has 1 saturated carbocycles. The number of aliphatic carboxylic acids is 1. The molecular formula is C20H21ClN2O4. The van der Waals surface area contributed by atoms with Gasteiger partial charge in [0.2, 0.25) is 5.88 Å². The molecule has 1 aromatic carbocycles. The van der Waals surface area contributed by atoms with Gasteiger partial charge in [-0.1, -0.05) is 23.7 Å². The van der Waals surface area contributed by atoms with E-state index in [1.54, 1.807) is 24.3 Å². The van der Waals surface area contributed by atoms with Crippen molar-refractivity contribution in [2.24, 2.45) is 5.92 Å². The molecule has 7 heteroatoms. The van der Waals surface area contributed by atoms with Crippen LogP contribution in [0.2, 0.25) is 5.02 Å². The number of pyridine rings is 1. The molecule has 0 unspecified atom stereocenters. The molecule has 142 valence electrons. The summed E-state index contributed by atoms with van der Waals surface area (Å²) in [6.07, 6.45) is 2.26. The van der Waals surface area contributed by atoms with E-state index in [1.165, 1.54) is 13.8 Å². The maximum absolute atomic E-state index is 12.4. The van der Waals surface area contributed by atoms with Crippen molar-refractivity contribution in [1.82, 2.24) is 10.3 Å². The van der Waals surface area contributed by atoms with Gasteiger partial charge < -0.3 is 15.2 Å². The minimum Gasteiger partial charge on any atom is -0.480 e. The van der Waals surface area contributed by atoms with E-state index < -0.39 is 17.4 Å². The summed E-state index contributed by atoms with van der Waals surface area (Å²) < 4.78 is 5.87. The monoisotopic (exact) mass is 388 g/mol. The molecule has 1 aliphatic rings. The number of amides is 1. The standard InChI is InChI=1S/C20H21ClN2O4/c1-20(2,19(25)26)23-17(24)16-10-9-15(13-5-7-14(21)8-6-13)18(22-16)27-11-12-3-4-12/h5-10,12H,3-4,11H2,1-2H3,(H,23,24)(H,25,26). The van der Waals surface area contributed by atoms with E-state index in [-0.39, 0.29) is 5.69 Å². The van der Waals surface area contributed by atoms with Crippen molar-refractivity contribution in [2.75, 3.05) is 6.61 Å². The summed E-state index contributed by atoms with van der Waals surface area (Å²) in [6, 6.07) is 10.6. The number of aromatic nitrogens is 1. The molecule has 1 heterocycles. The van der Waals surface area contributed by atoms with Gasteiger partial charge in [0.25, 0.3) is 5.91 Å². The first-order valence-electron chi connectivity index (χ1n) is 8.72. The van der Waals surface area contributed by atoms with E-state index in [0.717, 1.165) is 24.0 Å². The van der Waals surface area contributed by atoms with Crippen LogP contribution in [-0.4, -0.2) is 34.1 Å². The van der Waals surface area contributed by atoms with Crippen LogP contribution in [0.15, 0.2) is 36.4 Å². The lowest BCUT2D eigenvalue weighted by molar-refractivity contribution is -0.143. The lowest BCUT2D eigenvalue weighted by Crippen LogP contribution is -2.49. The second-order valence-electron chi connectivity index (χ2n) is 7.19. The minimum atomic E-state index is -1.40. The number of ether oxygens (including phenoxy) is 1. The van der Waals surface area contributed by atoms with E-state index in [1.807, 2.05) is 12.1 Å². The van der Waals surface area contributed by atoms with Crippen LogP contribution < -0.4 is 10.1 Å². The molecule has 3 rings (SSSR count). The first-order valence-corrected chi connectivity index (χ1v) is 9.10. The number of hydrogen-bond acceptors (Lipinski definition) is 4. The Morgan fingerprint density at radius 1 is 1.22 bits per heavy atom. The summed E-state index contributed by atoms with van der Waals surface area (Å²) in [4.78, 5) is 28.0. The number of hydrogen-bond donors (Lipinski definition) is 2. The highest BCUT2D eigenvalue weighted by molar-refractivity contribution is 6.30. The van der Waals surface area contributed by atoms with Gasteiger partial charge in [-0.25, -0.2) is 9.78 Å². The predicted octanol–water partition coefficient (Wildman–Crippen LogP) is 3.78. The zero-order valence-electron chi connectivity index (χ0n) is 15.2. The quantitative estimate of drug-likeness (QED) is 0.753. The Hall–Kier alpha value is -2.60. The lowest BCUT2D eigenvalue weighted by Gasteiger charge is -2.21. The van der Waals surface area contributed by atoms with E-state index >= 15 is 0 Å². The molecule has 1 fully saturated rings. The van der Waals surface area contributed by atoms with Gasteiger partial charge in [0.15, 0.2) is 0 Å². The smallest absolute Gasteiger partial charge is 0.328 e. The van der Waals surface area contributed by atoms with Crippen LogP contribution in [0.5, 0.6) is 5.88 Å². The number of halogens is 1. The Morgan fingerprint density at radius 2 is 1.89 bits per heavy atom. The molecule has 0 radical (unpaired) electrons. The van der Waals surface area contributed by atoms with Gasteiger partial charge in [-0.3, -0.25) is 4.79 Å². The summed E-state index contributed by atoms with van der Waals surface area (Å²) >= 11 is 5.96. The summed E-state index contributed by atoms with van der Waals surface area (Å²) in [6.45, 7) is 3.37. The van der Waals surface area contributed by atoms with Crippen LogP contribution in [-0.2, 0) is 4.79 Å². The fourth-order valence-electron chi connectivity index (χ4n) is 2.41. The van der Waals surface area contributed by atoms with E-state index in [2.05, 4.69) is 10.3 Å². The van der Waals surface area contributed by atoms with Crippen LogP contribution in [0.1, 0.15) is 37.2 Å². The van der Waals surface area contributed by atoms with Crippen molar-refractivity contribution >= 4 is 23.5 Å². The third kappa shape index (κ3) is 4.77. The topological polar surface area (TPSA) is 88.5 Å². The van der Waals surface area contributed by atoms with Crippen molar-refractivity contribution in [3.8, 4) is 17.0 Å². The van der Waals surface area contributed by atoms with Crippen molar-refractivity contribution in [3.05, 3.63) is 47.1 Å². The van der Waals surface area contributed by atoms with Crippen LogP contribution >= 0.6 is 11.6 Å². The molecule has 2 N–H and O–H groups in total. The largest absolute Gasteiger partial charge is 0.480 e. The molecule has 1 aromatic heterocycles. The summed E-state index contributed by atoms with van der Waals surface area (Å²) in [5.74, 6) is -0.821. The molecule has 0 saturated heterocycles. The molecule has 27 heavy (non-hydrogen) atoms. The Morgan fingerprint density at radius 3 is 2.48 bits per heavy atom. The first-order chi connectivity index (χ1) is 12.8. The zero-order valence-corrected chi connectivity index (χ0v) is 15.9. The van der Waals surface area contributed by atoms with E-state index in [4.69, 9.17) is 16.3 Å². The highest BCUT2D eigenvalue weighted by atomic mass is 35.5. The summed E-state index contributed by atoms with van der Waals surface area (Å²) in [5.41, 5.74) is 0.326. The fraction of sp³-hybridized carbons (Fsp3) is 0.350. The van der Waals surface area contributed by atoms with Gasteiger partial charge in [0.05, 0.1) is 6.61 Å². The third-order valence-corrected chi connectivity index (χ3v) is 4.61. The number of benzene rings is 1. The molecule has 0 bridgehead atoms. The van der Waals surface area contributed by atoms with E-state index in [9.17, 15) is 14.7 Å². The SMILES string of the molecule is CC(C)(NC(=O)c1ccc(-c2ccc(Cl)cc2)c(OCC2CC2)n1)C(=O)O. The number of carbonyl (C=O) groups is 2. The maximum atomic E-state index is 12.4. The number of nitrogens with one attached hydrogen (secondary N) is 1. The minimum absolute atomic E-state index is 0.104. The molecule has 1 aliphatic carbocycles. The highest BCUT2D eigenvalue weighted by Gasteiger charge is 2.30. The Bertz CT molecular complexity index is 861. The number of rotatable bonds is 7. The average Bonchev–Trinajstić information content (AvgIpc) is 3.44. The first kappa shape index (κ1) is 19.2. The Labute approximate surface area is 162 Å². The summed E-state index contributed by atoms with van der Waals surface area (Å²) in [7, 11) is 0. The van der Waals surface area contributed by atoms with Crippen molar-refractivity contribution in [3.63, 3.8) is 0 Å². The Kier molecular flexibility index (Phi) is 5.37. The number of carboxylic acid groups (broad SMARTS) is 1. The molecule has 0 aliphatic heterocycles. The van der Waals surface area contributed by atoms with Crippen molar-refractivity contribution in [1.29, 1.82) is 0 Å². The maximum Gasteiger partial charge on any atom is 0.328 e. The van der Waals surface area contributed by atoms with E-state index in [0.29, 0.717) is 23.4 Å². The molecule has 6 nitrogen and oxygen atoms in total. The van der Waals surface area contributed by atoms with Gasteiger partial charge >= 0.3 is 5.97 Å².